The van der Waals surface area contributed by atoms with Gasteiger partial charge in [-0.15, -0.1) is 0 Å². The van der Waals surface area contributed by atoms with Crippen molar-refractivity contribution in [1.82, 2.24) is 19.6 Å². The Hall–Kier alpha value is -2.44. The van der Waals surface area contributed by atoms with Crippen molar-refractivity contribution in [3.63, 3.8) is 0 Å². The van der Waals surface area contributed by atoms with Gasteiger partial charge in [-0.2, -0.15) is 0 Å². The lowest BCUT2D eigenvalue weighted by atomic mass is 9.90. The average molecular weight is 1450 g/mol. The third-order valence-electron chi connectivity index (χ3n) is 21.7. The molecule has 1 aliphatic heterocycles. The number of β-amino-alcohol motifs (C(OH)–C–C–N with tert-alkyl or cyclic N) is 4. The van der Waals surface area contributed by atoms with Crippen molar-refractivity contribution in [2.24, 2.45) is 23.7 Å². The third kappa shape index (κ3) is 59.6. The number of nitrogens with zero attached hydrogens (tertiary/aromatic N) is 4. The van der Waals surface area contributed by atoms with Crippen molar-refractivity contribution in [3.05, 3.63) is 0 Å². The van der Waals surface area contributed by atoms with Gasteiger partial charge in [0.1, 0.15) is 50.8 Å². The lowest BCUT2D eigenvalue weighted by molar-refractivity contribution is -0.148. The van der Waals surface area contributed by atoms with Crippen LogP contribution in [-0.2, 0) is 38.1 Å². The van der Waals surface area contributed by atoms with Crippen molar-refractivity contribution in [2.75, 3.05) is 105 Å². The molecular weight excluding hydrogens is 1280 g/mol. The first-order chi connectivity index (χ1) is 49.6. The molecule has 0 aromatic rings. The number of aliphatic hydroxyl groups excluding tert-OH is 4. The van der Waals surface area contributed by atoms with Crippen LogP contribution in [-0.4, -0.2) is 193 Å². The summed E-state index contributed by atoms with van der Waals surface area (Å²) in [5.74, 6) is 1.71. The van der Waals surface area contributed by atoms with Gasteiger partial charge in [0.25, 0.3) is 0 Å². The fourth-order valence-corrected chi connectivity index (χ4v) is 15.2. The molecule has 4 N–H and O–H groups in total. The lowest BCUT2D eigenvalue weighted by Crippen LogP contribution is -2.47. The maximum absolute atomic E-state index is 13.2. The number of rotatable bonds is 68. The Morgan fingerprint density at radius 1 is 0.245 bits per heavy atom. The highest BCUT2D eigenvalue weighted by Crippen LogP contribution is 2.28. The van der Waals surface area contributed by atoms with Gasteiger partial charge in [0.2, 0.25) is 0 Å². The molecule has 0 radical (unpaired) electrons. The molecule has 1 heterocycles. The Balaban J connectivity index is 3.35. The molecule has 604 valence electrons. The van der Waals surface area contributed by atoms with E-state index in [1.54, 1.807) is 0 Å². The number of unbranched alkanes of at least 4 members (excludes halogenated alkanes) is 20. The number of hydrogen-bond donors (Lipinski definition) is 4. The van der Waals surface area contributed by atoms with Crippen LogP contribution in [0.2, 0.25) is 0 Å². The highest BCUT2D eigenvalue weighted by molar-refractivity contribution is 5.70. The van der Waals surface area contributed by atoms with Gasteiger partial charge in [-0.05, 0) is 88.4 Å². The smallest absolute Gasteiger partial charge is 0.305 e. The molecule has 4 unspecified atom stereocenters. The van der Waals surface area contributed by atoms with Gasteiger partial charge < -0.3 is 39.4 Å². The Morgan fingerprint density at radius 3 is 0.559 bits per heavy atom. The van der Waals surface area contributed by atoms with Crippen molar-refractivity contribution in [2.45, 2.75) is 401 Å². The summed E-state index contributed by atoms with van der Waals surface area (Å²) in [4.78, 5) is 61.4. The number of aliphatic hydroxyl groups is 4. The highest BCUT2D eigenvalue weighted by Gasteiger charge is 2.24. The summed E-state index contributed by atoms with van der Waals surface area (Å²) in [6.45, 7) is 23.2. The van der Waals surface area contributed by atoms with Crippen LogP contribution >= 0.6 is 0 Å². The number of esters is 4. The van der Waals surface area contributed by atoms with E-state index >= 15 is 0 Å². The van der Waals surface area contributed by atoms with Crippen LogP contribution in [0.1, 0.15) is 376 Å². The van der Waals surface area contributed by atoms with E-state index < -0.39 is 24.4 Å². The maximum atomic E-state index is 13.2. The van der Waals surface area contributed by atoms with E-state index in [1.165, 1.54) is 205 Å². The summed E-state index contributed by atoms with van der Waals surface area (Å²) in [6.07, 6.45) is 50.8. The maximum Gasteiger partial charge on any atom is 0.305 e. The predicted octanol–water partition coefficient (Wildman–Crippen LogP) is 19.0. The first-order valence-electron chi connectivity index (χ1n) is 43.9. The van der Waals surface area contributed by atoms with Crippen molar-refractivity contribution in [3.8, 4) is 0 Å². The van der Waals surface area contributed by atoms with Crippen LogP contribution in [0.15, 0.2) is 0 Å². The Bertz CT molecular complexity index is 1590. The average Bonchev–Trinajstić information content (AvgIpc) is 1.64. The topological polar surface area (TPSA) is 199 Å². The molecule has 0 spiro atoms. The van der Waals surface area contributed by atoms with Crippen LogP contribution < -0.4 is 0 Å². The van der Waals surface area contributed by atoms with Gasteiger partial charge >= 0.3 is 23.9 Å². The van der Waals surface area contributed by atoms with E-state index in [4.69, 9.17) is 18.9 Å². The molecule has 0 bridgehead atoms. The molecule has 0 aliphatic carbocycles. The second kappa shape index (κ2) is 70.2. The van der Waals surface area contributed by atoms with Crippen molar-refractivity contribution >= 4 is 23.9 Å². The standard InChI is InChI=1S/C86H168N4O12/c1-9-17-25-43-75(44-26-18-10-2)51-33-37-55-83(95)99-71-79(91)67-87-59-41-60-89(69-81(93)73-101-85(97)57-39-35-53-77(47-29-21-13-5)48-30-22-14-6)65-66-90(70-82(94)74-102-86(98)58-40-36-54-78(49-31-23-15-7)50-32-24-16-8)62-42-61-88(64-63-87)68-80(92)72-100-84(96)56-38-34-52-76(45-27-19-11-3)46-28-20-12-4/h75-82,91-94H,9-74H2,1-8H3. The molecule has 0 amide bonds. The second-order valence-corrected chi connectivity index (χ2v) is 31.7. The molecule has 1 aliphatic rings. The van der Waals surface area contributed by atoms with Crippen molar-refractivity contribution < 1.29 is 58.6 Å². The summed E-state index contributed by atoms with van der Waals surface area (Å²) >= 11 is 0. The SMILES string of the molecule is CCCCCC(CCCCC)CCCCC(=O)OCC(O)CN1CCCN(CC(O)COC(=O)CCCCC(CCCCC)CCCCC)CCN(CC(O)COC(=O)CCCCC(CCCCC)CCCCC)CCCN(CC(O)COC(=O)CCCCC(CCCCC)CCCCC)CC1. The van der Waals surface area contributed by atoms with Gasteiger partial charge in [0, 0.05) is 78.0 Å². The normalized spacial score (nSPS) is 15.7. The van der Waals surface area contributed by atoms with Crippen LogP contribution in [0.3, 0.4) is 0 Å². The van der Waals surface area contributed by atoms with Crippen LogP contribution in [0.4, 0.5) is 0 Å². The Labute approximate surface area is 628 Å². The fourth-order valence-electron chi connectivity index (χ4n) is 15.2. The lowest BCUT2D eigenvalue weighted by Gasteiger charge is -2.34. The van der Waals surface area contributed by atoms with E-state index in [1.807, 2.05) is 0 Å². The Morgan fingerprint density at radius 2 is 0.402 bits per heavy atom. The van der Waals surface area contributed by atoms with Crippen LogP contribution in [0, 0.1) is 23.7 Å². The number of carbonyl (C=O) groups is 4. The Kier molecular flexibility index (Phi) is 67.2. The van der Waals surface area contributed by atoms with Crippen LogP contribution in [0.25, 0.3) is 0 Å². The van der Waals surface area contributed by atoms with Gasteiger partial charge in [0.05, 0.1) is 0 Å². The van der Waals surface area contributed by atoms with Gasteiger partial charge in [-0.25, -0.2) is 0 Å². The predicted molar refractivity (Wildman–Crippen MR) is 424 cm³/mol. The number of hydrogen-bond acceptors (Lipinski definition) is 16. The minimum atomic E-state index is -0.927. The quantitative estimate of drug-likeness (QED) is 0.0254. The molecule has 0 aromatic carbocycles. The first-order valence-corrected chi connectivity index (χ1v) is 43.9. The molecule has 1 fully saturated rings. The molecule has 1 saturated heterocycles. The van der Waals surface area contributed by atoms with Gasteiger partial charge in [-0.3, -0.25) is 38.8 Å². The number of ether oxygens (including phenoxy) is 4. The van der Waals surface area contributed by atoms with E-state index in [-0.39, 0.29) is 76.5 Å². The van der Waals surface area contributed by atoms with E-state index in [0.717, 1.165) is 77.0 Å². The van der Waals surface area contributed by atoms with Gasteiger partial charge in [-0.1, -0.05) is 312 Å². The zero-order valence-corrected chi connectivity index (χ0v) is 68.1. The fraction of sp³-hybridized carbons (Fsp3) is 0.953. The molecule has 16 nitrogen and oxygen atoms in total. The van der Waals surface area contributed by atoms with Crippen molar-refractivity contribution in [1.29, 1.82) is 0 Å². The summed E-state index contributed by atoms with van der Waals surface area (Å²) in [7, 11) is 0. The second-order valence-electron chi connectivity index (χ2n) is 31.7. The van der Waals surface area contributed by atoms with Gasteiger partial charge in [0.15, 0.2) is 0 Å². The van der Waals surface area contributed by atoms with Crippen LogP contribution in [0.5, 0.6) is 0 Å². The zero-order chi connectivity index (χ0) is 74.7. The molecule has 16 heteroatoms. The minimum Gasteiger partial charge on any atom is -0.463 e. The molecule has 102 heavy (non-hydrogen) atoms. The minimum absolute atomic E-state index is 0.103. The van der Waals surface area contributed by atoms with E-state index in [2.05, 4.69) is 75.0 Å². The van der Waals surface area contributed by atoms with E-state index in [9.17, 15) is 39.6 Å². The summed E-state index contributed by atoms with van der Waals surface area (Å²) < 4.78 is 23.0. The summed E-state index contributed by atoms with van der Waals surface area (Å²) in [5.41, 5.74) is 0. The highest BCUT2D eigenvalue weighted by atomic mass is 16.6. The monoisotopic (exact) mass is 1450 g/mol. The molecule has 0 aromatic heterocycles. The van der Waals surface area contributed by atoms with E-state index in [0.29, 0.717) is 115 Å². The zero-order valence-electron chi connectivity index (χ0n) is 68.1. The first kappa shape index (κ1) is 97.6. The molecule has 0 saturated carbocycles. The number of carbonyl (C=O) groups excluding carboxylic acids is 4. The molecular formula is C86H168N4O12. The summed E-state index contributed by atoms with van der Waals surface area (Å²) in [5, 5.41) is 46.3. The molecule has 1 rings (SSSR count). The largest absolute Gasteiger partial charge is 0.463 e. The summed E-state index contributed by atoms with van der Waals surface area (Å²) in [6, 6.07) is 0. The molecule has 4 atom stereocenters. The third-order valence-corrected chi connectivity index (χ3v) is 21.7.